The summed E-state index contributed by atoms with van der Waals surface area (Å²) in [6.45, 7) is 5.94. The van der Waals surface area contributed by atoms with Gasteiger partial charge in [0.05, 0.1) is 17.6 Å². The van der Waals surface area contributed by atoms with Crippen LogP contribution in [0.5, 0.6) is 0 Å². The quantitative estimate of drug-likeness (QED) is 0.703. The lowest BCUT2D eigenvalue weighted by atomic mass is 10.1. The lowest BCUT2D eigenvalue weighted by Crippen LogP contribution is -2.33. The van der Waals surface area contributed by atoms with Crippen molar-refractivity contribution in [2.75, 3.05) is 26.2 Å². The van der Waals surface area contributed by atoms with Crippen LogP contribution in [0.1, 0.15) is 34.5 Å². The molecule has 2 aromatic carbocycles. The fourth-order valence-corrected chi connectivity index (χ4v) is 3.87. The number of hydrogen-bond acceptors (Lipinski definition) is 4. The minimum Gasteiger partial charge on any atom is -0.351 e. The summed E-state index contributed by atoms with van der Waals surface area (Å²) in [7, 11) is 0. The Balaban J connectivity index is 1.56. The van der Waals surface area contributed by atoms with Crippen molar-refractivity contribution in [3.05, 3.63) is 75.7 Å². The van der Waals surface area contributed by atoms with Crippen LogP contribution in [0.2, 0.25) is 0 Å². The molecule has 0 atom stereocenters. The topological polar surface area (TPSA) is 67.2 Å². The van der Waals surface area contributed by atoms with Crippen LogP contribution in [0.15, 0.2) is 53.3 Å². The molecule has 3 aromatic rings. The van der Waals surface area contributed by atoms with Crippen LogP contribution < -0.4 is 10.9 Å². The van der Waals surface area contributed by atoms with E-state index in [0.717, 1.165) is 30.7 Å². The summed E-state index contributed by atoms with van der Waals surface area (Å²) < 4.78 is 1.72. The van der Waals surface area contributed by atoms with Crippen molar-refractivity contribution in [1.82, 2.24) is 19.8 Å². The van der Waals surface area contributed by atoms with Crippen molar-refractivity contribution in [2.45, 2.75) is 26.3 Å². The van der Waals surface area contributed by atoms with Gasteiger partial charge < -0.3 is 14.8 Å². The molecular weight excluding hydrogens is 364 g/mol. The first kappa shape index (κ1) is 19.3. The van der Waals surface area contributed by atoms with Crippen LogP contribution in [0.4, 0.5) is 0 Å². The Bertz CT molecular complexity index is 1070. The Morgan fingerprint density at radius 2 is 1.86 bits per heavy atom. The van der Waals surface area contributed by atoms with Gasteiger partial charge >= 0.3 is 0 Å². The molecular formula is C23H26N4O2. The fourth-order valence-electron chi connectivity index (χ4n) is 3.87. The maximum Gasteiger partial charge on any atom is 0.272 e. The Kier molecular flexibility index (Phi) is 5.71. The van der Waals surface area contributed by atoms with E-state index in [1.807, 2.05) is 36.4 Å². The van der Waals surface area contributed by atoms with Crippen molar-refractivity contribution in [2.24, 2.45) is 0 Å². The molecule has 0 bridgehead atoms. The van der Waals surface area contributed by atoms with Crippen LogP contribution in [-0.4, -0.2) is 46.5 Å². The van der Waals surface area contributed by atoms with Gasteiger partial charge in [-0.05, 0) is 56.6 Å². The number of rotatable bonds is 6. The van der Waals surface area contributed by atoms with E-state index < -0.39 is 0 Å². The average Bonchev–Trinajstić information content (AvgIpc) is 3.25. The molecule has 0 radical (unpaired) electrons. The highest BCUT2D eigenvalue weighted by Gasteiger charge is 2.14. The Labute approximate surface area is 170 Å². The first-order chi connectivity index (χ1) is 14.1. The van der Waals surface area contributed by atoms with Crippen LogP contribution in [0.3, 0.4) is 0 Å². The molecule has 29 heavy (non-hydrogen) atoms. The van der Waals surface area contributed by atoms with Crippen molar-refractivity contribution < 1.29 is 4.79 Å². The van der Waals surface area contributed by atoms with E-state index >= 15 is 0 Å². The molecule has 0 spiro atoms. The third kappa shape index (κ3) is 4.38. The third-order valence-corrected chi connectivity index (χ3v) is 5.47. The molecule has 0 saturated carbocycles. The van der Waals surface area contributed by atoms with Gasteiger partial charge in [-0.25, -0.2) is 4.98 Å². The van der Waals surface area contributed by atoms with E-state index in [9.17, 15) is 9.59 Å². The van der Waals surface area contributed by atoms with E-state index in [1.165, 1.54) is 12.8 Å². The molecule has 1 fully saturated rings. The monoisotopic (exact) mass is 390 g/mol. The second-order valence-corrected chi connectivity index (χ2v) is 7.58. The molecule has 1 aliphatic heterocycles. The summed E-state index contributed by atoms with van der Waals surface area (Å²) in [4.78, 5) is 32.1. The Hall–Kier alpha value is -2.99. The van der Waals surface area contributed by atoms with Gasteiger partial charge in [-0.2, -0.15) is 0 Å². The lowest BCUT2D eigenvalue weighted by molar-refractivity contribution is 0.0950. The number of carbonyl (C=O) groups excluding carboxylic acids is 1. The Morgan fingerprint density at radius 3 is 2.62 bits per heavy atom. The summed E-state index contributed by atoms with van der Waals surface area (Å²) in [5.74, 6) is -0.105. The molecule has 1 aliphatic rings. The second kappa shape index (κ2) is 8.57. The number of aromatic nitrogens is 2. The highest BCUT2D eigenvalue weighted by molar-refractivity contribution is 5.97. The van der Waals surface area contributed by atoms with Crippen LogP contribution in [0.25, 0.3) is 11.0 Å². The predicted octanol–water partition coefficient (Wildman–Crippen LogP) is 2.58. The minimum atomic E-state index is -0.107. The number of nitrogens with one attached hydrogen (secondary N) is 1. The zero-order valence-electron chi connectivity index (χ0n) is 16.7. The molecule has 1 saturated heterocycles. The SMILES string of the molecule is Cc1nc2cc(C(=O)NCCN3CCCC3)ccc2n(Cc2ccccc2)c1=O. The van der Waals surface area contributed by atoms with Gasteiger partial charge in [0.1, 0.15) is 5.69 Å². The number of benzene rings is 2. The summed E-state index contributed by atoms with van der Waals surface area (Å²) in [6.07, 6.45) is 2.49. The van der Waals surface area contributed by atoms with Gasteiger partial charge in [0, 0.05) is 18.7 Å². The third-order valence-electron chi connectivity index (χ3n) is 5.47. The molecule has 1 aromatic heterocycles. The standard InChI is InChI=1S/C23H26N4O2/c1-17-23(29)27(16-18-7-3-2-4-8-18)21-10-9-19(15-20(21)25-17)22(28)24-11-14-26-12-5-6-13-26/h2-4,7-10,15H,5-6,11-14,16H2,1H3,(H,24,28). The number of nitrogens with zero attached hydrogens (tertiary/aromatic N) is 3. The van der Waals surface area contributed by atoms with Gasteiger partial charge in [0.25, 0.3) is 11.5 Å². The van der Waals surface area contributed by atoms with E-state index in [2.05, 4.69) is 15.2 Å². The molecule has 6 heteroatoms. The molecule has 1 N–H and O–H groups in total. The van der Waals surface area contributed by atoms with Crippen LogP contribution in [0, 0.1) is 6.92 Å². The first-order valence-corrected chi connectivity index (χ1v) is 10.2. The molecule has 0 aliphatic carbocycles. The van der Waals surface area contributed by atoms with Crippen molar-refractivity contribution >= 4 is 16.9 Å². The molecule has 6 nitrogen and oxygen atoms in total. The zero-order chi connectivity index (χ0) is 20.2. The zero-order valence-corrected chi connectivity index (χ0v) is 16.7. The van der Waals surface area contributed by atoms with E-state index in [1.54, 1.807) is 23.6 Å². The number of carbonyl (C=O) groups is 1. The maximum atomic E-state index is 12.7. The van der Waals surface area contributed by atoms with E-state index in [4.69, 9.17) is 0 Å². The lowest BCUT2D eigenvalue weighted by Gasteiger charge is -2.15. The number of hydrogen-bond donors (Lipinski definition) is 1. The number of fused-ring (bicyclic) bond motifs is 1. The van der Waals surface area contributed by atoms with Crippen molar-refractivity contribution in [3.8, 4) is 0 Å². The van der Waals surface area contributed by atoms with Crippen LogP contribution in [-0.2, 0) is 6.54 Å². The highest BCUT2D eigenvalue weighted by atomic mass is 16.1. The van der Waals surface area contributed by atoms with Crippen LogP contribution >= 0.6 is 0 Å². The Morgan fingerprint density at radius 1 is 1.10 bits per heavy atom. The predicted molar refractivity (Wildman–Crippen MR) is 114 cm³/mol. The molecule has 2 heterocycles. The first-order valence-electron chi connectivity index (χ1n) is 10.2. The molecule has 1 amide bonds. The van der Waals surface area contributed by atoms with Gasteiger partial charge in [-0.15, -0.1) is 0 Å². The maximum absolute atomic E-state index is 12.7. The largest absolute Gasteiger partial charge is 0.351 e. The summed E-state index contributed by atoms with van der Waals surface area (Å²) in [5, 5.41) is 2.99. The number of amides is 1. The van der Waals surface area contributed by atoms with Gasteiger partial charge in [0.2, 0.25) is 0 Å². The number of aryl methyl sites for hydroxylation is 1. The van der Waals surface area contributed by atoms with Crippen molar-refractivity contribution in [3.63, 3.8) is 0 Å². The molecule has 4 rings (SSSR count). The number of likely N-dealkylation sites (tertiary alicyclic amines) is 1. The van der Waals surface area contributed by atoms with Gasteiger partial charge in [0.15, 0.2) is 0 Å². The normalized spacial score (nSPS) is 14.4. The fraction of sp³-hybridized carbons (Fsp3) is 0.348. The minimum absolute atomic E-state index is 0.105. The molecule has 0 unspecified atom stereocenters. The van der Waals surface area contributed by atoms with Gasteiger partial charge in [-0.3, -0.25) is 9.59 Å². The molecule has 150 valence electrons. The smallest absolute Gasteiger partial charge is 0.272 e. The average molecular weight is 390 g/mol. The highest BCUT2D eigenvalue weighted by Crippen LogP contribution is 2.15. The second-order valence-electron chi connectivity index (χ2n) is 7.58. The van der Waals surface area contributed by atoms with E-state index in [0.29, 0.717) is 29.9 Å². The summed E-state index contributed by atoms with van der Waals surface area (Å²) >= 11 is 0. The van der Waals surface area contributed by atoms with Gasteiger partial charge in [-0.1, -0.05) is 30.3 Å². The summed E-state index contributed by atoms with van der Waals surface area (Å²) in [6, 6.07) is 15.2. The van der Waals surface area contributed by atoms with E-state index in [-0.39, 0.29) is 11.5 Å². The van der Waals surface area contributed by atoms with Crippen molar-refractivity contribution in [1.29, 1.82) is 0 Å². The summed E-state index contributed by atoms with van der Waals surface area (Å²) in [5.41, 5.74) is 3.33.